The van der Waals surface area contributed by atoms with Crippen LogP contribution < -0.4 is 9.47 Å². The second-order valence-corrected chi connectivity index (χ2v) is 8.00. The molecule has 1 fully saturated rings. The molecule has 0 aromatic heterocycles. The first-order valence-electron chi connectivity index (χ1n) is 6.74. The minimum atomic E-state index is -0.535. The van der Waals surface area contributed by atoms with E-state index in [0.29, 0.717) is 10.5 Å². The molecule has 1 saturated heterocycles. The maximum absolute atomic E-state index is 10.7. The fraction of sp³-hybridized carbons (Fsp3) is 0.600. The van der Waals surface area contributed by atoms with Crippen molar-refractivity contribution in [3.8, 4) is 11.5 Å². The van der Waals surface area contributed by atoms with E-state index in [2.05, 4.69) is 13.8 Å². The van der Waals surface area contributed by atoms with E-state index in [1.165, 1.54) is 0 Å². The Kier molecular flexibility index (Phi) is 5.52. The zero-order chi connectivity index (χ0) is 14.7. The molecule has 1 aromatic rings. The van der Waals surface area contributed by atoms with Crippen LogP contribution >= 0.6 is 23.5 Å². The molecule has 112 valence electrons. The molecule has 5 heteroatoms. The van der Waals surface area contributed by atoms with Gasteiger partial charge in [-0.2, -0.15) is 23.5 Å². The van der Waals surface area contributed by atoms with Crippen molar-refractivity contribution in [2.75, 3.05) is 20.0 Å². The second kappa shape index (κ2) is 6.96. The number of methoxy groups -OCH3 is 2. The lowest BCUT2D eigenvalue weighted by Crippen LogP contribution is -2.30. The molecule has 4 atom stereocenters. The molecule has 0 bridgehead atoms. The molecule has 1 aliphatic rings. The molecule has 1 aromatic carbocycles. The van der Waals surface area contributed by atoms with Crippen molar-refractivity contribution in [3.05, 3.63) is 23.8 Å². The Bertz CT molecular complexity index is 453. The first-order valence-corrected chi connectivity index (χ1v) is 8.73. The van der Waals surface area contributed by atoms with E-state index in [4.69, 9.17) is 9.47 Å². The highest BCUT2D eigenvalue weighted by atomic mass is 32.2. The number of benzene rings is 1. The molecule has 1 heterocycles. The highest BCUT2D eigenvalue weighted by Gasteiger charge is 2.32. The van der Waals surface area contributed by atoms with Gasteiger partial charge in [0.2, 0.25) is 0 Å². The monoisotopic (exact) mass is 314 g/mol. The molecule has 1 N–H and O–H groups in total. The Labute approximate surface area is 129 Å². The largest absolute Gasteiger partial charge is 0.497 e. The molecular weight excluding hydrogens is 292 g/mol. The van der Waals surface area contributed by atoms with Crippen LogP contribution in [0.5, 0.6) is 11.5 Å². The fourth-order valence-corrected chi connectivity index (χ4v) is 5.24. The molecule has 3 nitrogen and oxygen atoms in total. The maximum atomic E-state index is 10.7. The third kappa shape index (κ3) is 3.38. The number of hydrogen-bond donors (Lipinski definition) is 1. The first-order chi connectivity index (χ1) is 9.56. The van der Waals surface area contributed by atoms with Gasteiger partial charge < -0.3 is 14.6 Å². The lowest BCUT2D eigenvalue weighted by molar-refractivity contribution is 0.175. The molecule has 20 heavy (non-hydrogen) atoms. The summed E-state index contributed by atoms with van der Waals surface area (Å²) in [5.41, 5.74) is 0.812. The average molecular weight is 314 g/mol. The van der Waals surface area contributed by atoms with Gasteiger partial charge in [-0.15, -0.1) is 0 Å². The molecule has 2 rings (SSSR count). The van der Waals surface area contributed by atoms with Gasteiger partial charge in [0, 0.05) is 27.1 Å². The van der Waals surface area contributed by atoms with Crippen LogP contribution in [0, 0.1) is 0 Å². The van der Waals surface area contributed by atoms with E-state index < -0.39 is 6.10 Å². The lowest BCUT2D eigenvalue weighted by atomic mass is 10.1. The molecule has 0 radical (unpaired) electrons. The van der Waals surface area contributed by atoms with Gasteiger partial charge in [0.25, 0.3) is 0 Å². The van der Waals surface area contributed by atoms with Gasteiger partial charge in [-0.3, -0.25) is 0 Å². The van der Waals surface area contributed by atoms with Crippen LogP contribution in [0.15, 0.2) is 18.2 Å². The van der Waals surface area contributed by atoms with Gasteiger partial charge in [-0.25, -0.2) is 0 Å². The van der Waals surface area contributed by atoms with E-state index in [9.17, 15) is 5.11 Å². The van der Waals surface area contributed by atoms with Crippen molar-refractivity contribution in [3.63, 3.8) is 0 Å². The summed E-state index contributed by atoms with van der Waals surface area (Å²) < 4.78 is 10.6. The van der Waals surface area contributed by atoms with E-state index in [-0.39, 0.29) is 5.25 Å². The van der Waals surface area contributed by atoms with Gasteiger partial charge in [-0.05, 0) is 18.2 Å². The van der Waals surface area contributed by atoms with Gasteiger partial charge >= 0.3 is 0 Å². The Hall–Kier alpha value is -0.520. The number of ether oxygens (including phenoxy) is 2. The molecule has 0 amide bonds. The molecule has 1 aliphatic heterocycles. The predicted octanol–water partition coefficient (Wildman–Crippen LogP) is 3.36. The summed E-state index contributed by atoms with van der Waals surface area (Å²) >= 11 is 3.79. The van der Waals surface area contributed by atoms with Crippen LogP contribution in [0.2, 0.25) is 0 Å². The van der Waals surface area contributed by atoms with Crippen molar-refractivity contribution in [2.24, 2.45) is 0 Å². The quantitative estimate of drug-likeness (QED) is 0.922. The second-order valence-electron chi connectivity index (χ2n) is 4.97. The standard InChI is InChI=1S/C15H22O3S2/c1-9-10(2)20-14(8-19-9)15(16)12-7-11(17-3)5-6-13(12)18-4/h5-7,9-10,14-16H,8H2,1-4H3. The number of hydrogen-bond acceptors (Lipinski definition) is 5. The van der Waals surface area contributed by atoms with Crippen molar-refractivity contribution < 1.29 is 14.6 Å². The molecular formula is C15H22O3S2. The topological polar surface area (TPSA) is 38.7 Å². The van der Waals surface area contributed by atoms with E-state index >= 15 is 0 Å². The molecule has 0 spiro atoms. The lowest BCUT2D eigenvalue weighted by Gasteiger charge is -2.34. The van der Waals surface area contributed by atoms with Crippen molar-refractivity contribution in [2.45, 2.75) is 35.7 Å². The summed E-state index contributed by atoms with van der Waals surface area (Å²) in [7, 11) is 3.26. The zero-order valence-corrected chi connectivity index (χ0v) is 14.0. The van der Waals surface area contributed by atoms with Gasteiger partial charge in [0.05, 0.1) is 20.3 Å². The van der Waals surface area contributed by atoms with E-state index in [1.54, 1.807) is 14.2 Å². The Morgan fingerprint density at radius 3 is 2.55 bits per heavy atom. The van der Waals surface area contributed by atoms with Gasteiger partial charge in [-0.1, -0.05) is 13.8 Å². The predicted molar refractivity (Wildman–Crippen MR) is 87.3 cm³/mol. The first kappa shape index (κ1) is 15.9. The van der Waals surface area contributed by atoms with Crippen LogP contribution in [0.1, 0.15) is 25.5 Å². The Morgan fingerprint density at radius 1 is 1.20 bits per heavy atom. The van der Waals surface area contributed by atoms with Crippen molar-refractivity contribution in [1.82, 2.24) is 0 Å². The number of rotatable bonds is 4. The van der Waals surface area contributed by atoms with Gasteiger partial charge in [0.1, 0.15) is 11.5 Å². The van der Waals surface area contributed by atoms with Crippen LogP contribution in [0.3, 0.4) is 0 Å². The summed E-state index contributed by atoms with van der Waals surface area (Å²) in [6.45, 7) is 4.47. The minimum Gasteiger partial charge on any atom is -0.497 e. The van der Waals surface area contributed by atoms with Gasteiger partial charge in [0.15, 0.2) is 0 Å². The fourth-order valence-electron chi connectivity index (χ4n) is 2.24. The number of aliphatic hydroxyl groups excluding tert-OH is 1. The molecule has 0 aliphatic carbocycles. The third-order valence-electron chi connectivity index (χ3n) is 3.68. The Morgan fingerprint density at radius 2 is 1.95 bits per heavy atom. The summed E-state index contributed by atoms with van der Waals surface area (Å²) in [5.74, 6) is 2.42. The van der Waals surface area contributed by atoms with Crippen LogP contribution in [-0.2, 0) is 0 Å². The molecule has 0 saturated carbocycles. The summed E-state index contributed by atoms with van der Waals surface area (Å²) in [4.78, 5) is 0. The van der Waals surface area contributed by atoms with Crippen molar-refractivity contribution >= 4 is 23.5 Å². The molecule has 4 unspecified atom stereocenters. The van der Waals surface area contributed by atoms with Crippen LogP contribution in [0.25, 0.3) is 0 Å². The average Bonchev–Trinajstić information content (AvgIpc) is 2.48. The van der Waals surface area contributed by atoms with E-state index in [1.807, 2.05) is 41.7 Å². The number of thioether (sulfide) groups is 2. The van der Waals surface area contributed by atoms with Crippen molar-refractivity contribution in [1.29, 1.82) is 0 Å². The highest BCUT2D eigenvalue weighted by Crippen LogP contribution is 2.43. The summed E-state index contributed by atoms with van der Waals surface area (Å²) in [6, 6.07) is 5.57. The van der Waals surface area contributed by atoms with Crippen LogP contribution in [-0.4, -0.2) is 40.8 Å². The highest BCUT2D eigenvalue weighted by molar-refractivity contribution is 8.07. The number of aliphatic hydroxyl groups is 1. The smallest absolute Gasteiger partial charge is 0.124 e. The zero-order valence-electron chi connectivity index (χ0n) is 12.3. The maximum Gasteiger partial charge on any atom is 0.124 e. The normalized spacial score (nSPS) is 27.9. The van der Waals surface area contributed by atoms with E-state index in [0.717, 1.165) is 22.8 Å². The third-order valence-corrected chi connectivity index (χ3v) is 7.16. The SMILES string of the molecule is COc1ccc(OC)c(C(O)C2CSC(C)C(C)S2)c1. The Balaban J connectivity index is 2.21. The summed E-state index contributed by atoms with van der Waals surface area (Å²) in [5, 5.41) is 12.1. The van der Waals surface area contributed by atoms with Crippen LogP contribution in [0.4, 0.5) is 0 Å². The minimum absolute atomic E-state index is 0.187. The summed E-state index contributed by atoms with van der Waals surface area (Å²) in [6.07, 6.45) is -0.535.